The van der Waals surface area contributed by atoms with E-state index in [-0.39, 0.29) is 0 Å². The molecule has 0 unspecified atom stereocenters. The molecule has 0 aliphatic carbocycles. The first-order chi connectivity index (χ1) is 12.8. The molecule has 0 N–H and O–H groups in total. The summed E-state index contributed by atoms with van der Waals surface area (Å²) in [5, 5.41) is 21.5. The lowest BCUT2D eigenvalue weighted by Crippen LogP contribution is -1.90. The van der Waals surface area contributed by atoms with E-state index in [9.17, 15) is 0 Å². The molecular formula is C22H12N2O2. The van der Waals surface area contributed by atoms with Crippen LogP contribution in [-0.2, 0) is 0 Å². The number of nitrogens with zero attached hydrogens (tertiary/aromatic N) is 2. The van der Waals surface area contributed by atoms with Gasteiger partial charge in [-0.15, -0.1) is 10.5 Å². The maximum absolute atomic E-state index is 8.88. The zero-order valence-corrected chi connectivity index (χ0v) is 13.6. The second-order valence-corrected chi connectivity index (χ2v) is 5.70. The van der Waals surface area contributed by atoms with Gasteiger partial charge < -0.3 is 9.47 Å². The van der Waals surface area contributed by atoms with Gasteiger partial charge in [-0.3, -0.25) is 0 Å². The van der Waals surface area contributed by atoms with E-state index in [1.807, 2.05) is 60.7 Å². The maximum atomic E-state index is 8.88. The summed E-state index contributed by atoms with van der Waals surface area (Å²) in [6.45, 7) is 0. The van der Waals surface area contributed by atoms with E-state index in [0.717, 1.165) is 32.7 Å². The molecule has 0 spiro atoms. The molecule has 122 valence electrons. The average Bonchev–Trinajstić information content (AvgIpc) is 2.69. The van der Waals surface area contributed by atoms with Crippen molar-refractivity contribution in [1.29, 1.82) is 10.5 Å². The summed E-state index contributed by atoms with van der Waals surface area (Å²) >= 11 is 0. The van der Waals surface area contributed by atoms with Gasteiger partial charge in [0.15, 0.2) is 0 Å². The predicted molar refractivity (Wildman–Crippen MR) is 99.4 cm³/mol. The summed E-state index contributed by atoms with van der Waals surface area (Å²) in [4.78, 5) is 0. The highest BCUT2D eigenvalue weighted by Gasteiger charge is 2.13. The van der Waals surface area contributed by atoms with Gasteiger partial charge in [-0.05, 0) is 46.2 Å². The topological polar surface area (TPSA) is 66.0 Å². The smallest absolute Gasteiger partial charge is 0.292 e. The highest BCUT2D eigenvalue weighted by atomic mass is 16.5. The van der Waals surface area contributed by atoms with Gasteiger partial charge in [0, 0.05) is 10.8 Å². The average molecular weight is 336 g/mol. The van der Waals surface area contributed by atoms with Crippen LogP contribution in [0.25, 0.3) is 32.7 Å². The zero-order chi connectivity index (χ0) is 17.9. The molecule has 4 aromatic rings. The van der Waals surface area contributed by atoms with Crippen molar-refractivity contribution in [2.75, 3.05) is 0 Å². The molecule has 26 heavy (non-hydrogen) atoms. The van der Waals surface area contributed by atoms with Crippen LogP contribution in [0.4, 0.5) is 0 Å². The minimum absolute atomic E-state index is 0.528. The van der Waals surface area contributed by atoms with E-state index in [4.69, 9.17) is 20.0 Å². The van der Waals surface area contributed by atoms with E-state index in [2.05, 4.69) is 0 Å². The number of rotatable bonds is 3. The standard InChI is InChI=1S/C22H12N2O2/c23-13-25-21-11-9-17(15-5-1-3-7-19(15)21)18-10-12-22(26-14-24)20-8-4-2-6-16(18)20/h1-12H. The van der Waals surface area contributed by atoms with Crippen LogP contribution < -0.4 is 9.47 Å². The minimum Gasteiger partial charge on any atom is -0.387 e. The Labute approximate surface area is 150 Å². The number of benzene rings is 4. The Balaban J connectivity index is 2.03. The van der Waals surface area contributed by atoms with Crippen molar-refractivity contribution in [2.24, 2.45) is 0 Å². The molecular weight excluding hydrogens is 324 g/mol. The first kappa shape index (κ1) is 15.5. The lowest BCUT2D eigenvalue weighted by Gasteiger charge is -2.13. The Hall–Kier alpha value is -4.02. The van der Waals surface area contributed by atoms with Crippen LogP contribution in [0.1, 0.15) is 0 Å². The Morgan fingerprint density at radius 3 is 1.27 bits per heavy atom. The highest BCUT2D eigenvalue weighted by Crippen LogP contribution is 2.39. The van der Waals surface area contributed by atoms with E-state index in [1.165, 1.54) is 0 Å². The molecule has 0 aliphatic rings. The zero-order valence-electron chi connectivity index (χ0n) is 13.6. The van der Waals surface area contributed by atoms with E-state index >= 15 is 0 Å². The van der Waals surface area contributed by atoms with Crippen LogP contribution in [0.3, 0.4) is 0 Å². The summed E-state index contributed by atoms with van der Waals surface area (Å²) in [5.74, 6) is 1.06. The van der Waals surface area contributed by atoms with Crippen LogP contribution >= 0.6 is 0 Å². The van der Waals surface area contributed by atoms with E-state index in [1.54, 1.807) is 24.6 Å². The molecule has 0 saturated carbocycles. The van der Waals surface area contributed by atoms with Crippen LogP contribution in [0.15, 0.2) is 72.8 Å². The van der Waals surface area contributed by atoms with Crippen LogP contribution in [0.2, 0.25) is 0 Å². The van der Waals surface area contributed by atoms with Crippen LogP contribution in [-0.4, -0.2) is 0 Å². The Morgan fingerprint density at radius 2 is 0.885 bits per heavy atom. The Bertz CT molecular complexity index is 1120. The molecule has 4 nitrogen and oxygen atoms in total. The molecule has 0 fully saturated rings. The number of hydrogen-bond acceptors (Lipinski definition) is 4. The predicted octanol–water partition coefficient (Wildman–Crippen LogP) is 5.38. The van der Waals surface area contributed by atoms with E-state index in [0.29, 0.717) is 11.5 Å². The number of fused-ring (bicyclic) bond motifs is 2. The van der Waals surface area contributed by atoms with Gasteiger partial charge in [0.25, 0.3) is 12.5 Å². The summed E-state index contributed by atoms with van der Waals surface area (Å²) in [6, 6.07) is 23.1. The third kappa shape index (κ3) is 2.47. The lowest BCUT2D eigenvalue weighted by atomic mass is 9.93. The molecule has 4 rings (SSSR count). The van der Waals surface area contributed by atoms with Crippen molar-refractivity contribution in [3.05, 3.63) is 72.8 Å². The molecule has 0 amide bonds. The van der Waals surface area contributed by atoms with Gasteiger partial charge in [-0.1, -0.05) is 48.5 Å². The molecule has 0 aliphatic heterocycles. The summed E-state index contributed by atoms with van der Waals surface area (Å²) in [7, 11) is 0. The molecule has 4 heteroatoms. The highest BCUT2D eigenvalue weighted by molar-refractivity contribution is 6.08. The molecule has 0 saturated heterocycles. The van der Waals surface area contributed by atoms with Crippen LogP contribution in [0.5, 0.6) is 11.5 Å². The SMILES string of the molecule is N#COc1ccc(-c2ccc(OC#N)c3ccccc23)c2ccccc12. The fraction of sp³-hybridized carbons (Fsp3) is 0. The first-order valence-electron chi connectivity index (χ1n) is 7.99. The molecule has 0 aromatic heterocycles. The fourth-order valence-corrected chi connectivity index (χ4v) is 3.29. The van der Waals surface area contributed by atoms with Crippen molar-refractivity contribution in [3.63, 3.8) is 0 Å². The van der Waals surface area contributed by atoms with Gasteiger partial charge in [0.2, 0.25) is 0 Å². The second kappa shape index (κ2) is 6.47. The molecule has 0 radical (unpaired) electrons. The van der Waals surface area contributed by atoms with Gasteiger partial charge in [0.05, 0.1) is 0 Å². The van der Waals surface area contributed by atoms with Gasteiger partial charge >= 0.3 is 0 Å². The summed E-state index contributed by atoms with van der Waals surface area (Å²) in [5.41, 5.74) is 2.04. The third-order valence-corrected chi connectivity index (χ3v) is 4.37. The third-order valence-electron chi connectivity index (χ3n) is 4.37. The van der Waals surface area contributed by atoms with E-state index < -0.39 is 0 Å². The molecule has 0 atom stereocenters. The normalized spacial score (nSPS) is 10.2. The quantitative estimate of drug-likeness (QED) is 0.471. The number of hydrogen-bond donors (Lipinski definition) is 0. The van der Waals surface area contributed by atoms with Crippen molar-refractivity contribution < 1.29 is 9.47 Å². The number of nitriles is 2. The van der Waals surface area contributed by atoms with Crippen LogP contribution in [0, 0.1) is 23.0 Å². The second-order valence-electron chi connectivity index (χ2n) is 5.70. The molecule has 4 aromatic carbocycles. The number of ether oxygens (including phenoxy) is 2. The maximum Gasteiger partial charge on any atom is 0.292 e. The first-order valence-corrected chi connectivity index (χ1v) is 7.99. The van der Waals surface area contributed by atoms with Crippen molar-refractivity contribution in [1.82, 2.24) is 0 Å². The molecule has 0 heterocycles. The van der Waals surface area contributed by atoms with Crippen molar-refractivity contribution in [3.8, 4) is 35.1 Å². The summed E-state index contributed by atoms with van der Waals surface area (Å²) < 4.78 is 10.2. The minimum atomic E-state index is 0.528. The Morgan fingerprint density at radius 1 is 0.500 bits per heavy atom. The fourth-order valence-electron chi connectivity index (χ4n) is 3.29. The monoisotopic (exact) mass is 336 g/mol. The van der Waals surface area contributed by atoms with Gasteiger partial charge in [0.1, 0.15) is 11.5 Å². The van der Waals surface area contributed by atoms with Gasteiger partial charge in [-0.25, -0.2) is 0 Å². The Kier molecular flexibility index (Phi) is 3.86. The van der Waals surface area contributed by atoms with Crippen molar-refractivity contribution in [2.45, 2.75) is 0 Å². The largest absolute Gasteiger partial charge is 0.387 e. The van der Waals surface area contributed by atoms with Crippen molar-refractivity contribution >= 4 is 21.5 Å². The van der Waals surface area contributed by atoms with Gasteiger partial charge in [-0.2, -0.15) is 0 Å². The molecule has 0 bridgehead atoms. The lowest BCUT2D eigenvalue weighted by molar-refractivity contribution is 0.513. The summed E-state index contributed by atoms with van der Waals surface area (Å²) in [6.07, 6.45) is 3.48.